The minimum Gasteiger partial charge on any atom is -0.326 e. The summed E-state index contributed by atoms with van der Waals surface area (Å²) in [5, 5.41) is 0. The van der Waals surface area contributed by atoms with Crippen molar-refractivity contribution in [3.05, 3.63) is 29.3 Å². The molecule has 2 atom stereocenters. The molecular formula is C17H21N3O4S2. The molecule has 7 nitrogen and oxygen atoms in total. The third-order valence-electron chi connectivity index (χ3n) is 5.32. The van der Waals surface area contributed by atoms with Gasteiger partial charge in [0.15, 0.2) is 0 Å². The van der Waals surface area contributed by atoms with Crippen LogP contribution in [-0.2, 0) is 19.6 Å². The quantitative estimate of drug-likeness (QED) is 0.725. The molecule has 0 bridgehead atoms. The van der Waals surface area contributed by atoms with E-state index in [-0.39, 0.29) is 42.4 Å². The van der Waals surface area contributed by atoms with E-state index in [0.29, 0.717) is 17.2 Å². The van der Waals surface area contributed by atoms with Gasteiger partial charge in [-0.15, -0.1) is 11.8 Å². The molecule has 2 amide bonds. The molecule has 0 unspecified atom stereocenters. The number of thioether (sulfide) groups is 1. The molecule has 0 aromatic heterocycles. The van der Waals surface area contributed by atoms with Crippen molar-refractivity contribution in [2.24, 2.45) is 0 Å². The third kappa shape index (κ3) is 2.64. The van der Waals surface area contributed by atoms with Crippen molar-refractivity contribution in [3.8, 4) is 0 Å². The number of sulfonamides is 1. The minimum atomic E-state index is -3.71. The Hall–Kier alpha value is -1.58. The summed E-state index contributed by atoms with van der Waals surface area (Å²) in [6, 6.07) is 4.23. The van der Waals surface area contributed by atoms with Crippen molar-refractivity contribution in [3.63, 3.8) is 0 Å². The number of piperazine rings is 2. The molecule has 0 N–H and O–H groups in total. The molecule has 3 aliphatic rings. The largest absolute Gasteiger partial charge is 0.326 e. The van der Waals surface area contributed by atoms with E-state index in [4.69, 9.17) is 0 Å². The van der Waals surface area contributed by atoms with Gasteiger partial charge in [-0.1, -0.05) is 12.1 Å². The first kappa shape index (κ1) is 17.8. The van der Waals surface area contributed by atoms with E-state index < -0.39 is 16.1 Å². The van der Waals surface area contributed by atoms with Crippen LogP contribution in [0.15, 0.2) is 23.1 Å². The van der Waals surface area contributed by atoms with E-state index in [1.807, 2.05) is 13.0 Å². The van der Waals surface area contributed by atoms with E-state index >= 15 is 0 Å². The van der Waals surface area contributed by atoms with Gasteiger partial charge in [0.05, 0.1) is 10.8 Å². The zero-order chi connectivity index (χ0) is 18.6. The second-order valence-electron chi connectivity index (χ2n) is 7.00. The first-order valence-electron chi connectivity index (χ1n) is 8.57. The normalized spacial score (nSPS) is 26.8. The summed E-state index contributed by atoms with van der Waals surface area (Å²) in [5.41, 5.74) is 1.55. The van der Waals surface area contributed by atoms with Gasteiger partial charge in [0.25, 0.3) is 0 Å². The zero-order valence-corrected chi connectivity index (χ0v) is 16.3. The Morgan fingerprint density at radius 2 is 1.77 bits per heavy atom. The molecule has 3 saturated heterocycles. The van der Waals surface area contributed by atoms with Crippen molar-refractivity contribution >= 4 is 33.6 Å². The van der Waals surface area contributed by atoms with Crippen molar-refractivity contribution < 1.29 is 18.0 Å². The fourth-order valence-corrected chi connectivity index (χ4v) is 6.73. The Bertz CT molecular complexity index is 886. The van der Waals surface area contributed by atoms with Gasteiger partial charge in [0, 0.05) is 25.4 Å². The number of rotatable bonds is 2. The maximum Gasteiger partial charge on any atom is 0.248 e. The van der Waals surface area contributed by atoms with Crippen LogP contribution in [0.25, 0.3) is 0 Å². The molecule has 0 aliphatic carbocycles. The number of hydrogen-bond donors (Lipinski definition) is 0. The summed E-state index contributed by atoms with van der Waals surface area (Å²) in [4.78, 5) is 28.9. The van der Waals surface area contributed by atoms with Gasteiger partial charge in [-0.05, 0) is 31.0 Å². The van der Waals surface area contributed by atoms with Crippen LogP contribution in [0, 0.1) is 13.8 Å². The van der Waals surface area contributed by atoms with E-state index in [2.05, 4.69) is 0 Å². The lowest BCUT2D eigenvalue weighted by atomic mass is 10.0. The predicted molar refractivity (Wildman–Crippen MR) is 98.1 cm³/mol. The Kier molecular flexibility index (Phi) is 4.28. The Balaban J connectivity index is 1.64. The van der Waals surface area contributed by atoms with E-state index in [0.717, 1.165) is 5.56 Å². The predicted octanol–water partition coefficient (Wildman–Crippen LogP) is 0.420. The highest BCUT2D eigenvalue weighted by molar-refractivity contribution is 7.99. The molecular weight excluding hydrogens is 374 g/mol. The van der Waals surface area contributed by atoms with Crippen molar-refractivity contribution in [2.75, 3.05) is 31.3 Å². The van der Waals surface area contributed by atoms with Gasteiger partial charge in [-0.3, -0.25) is 9.59 Å². The topological polar surface area (TPSA) is 78.0 Å². The van der Waals surface area contributed by atoms with Crippen molar-refractivity contribution in [2.45, 2.75) is 30.8 Å². The number of benzene rings is 1. The highest BCUT2D eigenvalue weighted by Gasteiger charge is 2.51. The Morgan fingerprint density at radius 1 is 1.04 bits per heavy atom. The first-order chi connectivity index (χ1) is 12.3. The molecule has 3 aliphatic heterocycles. The smallest absolute Gasteiger partial charge is 0.248 e. The number of carbonyl (C=O) groups excluding carboxylic acids is 2. The molecule has 1 aromatic carbocycles. The van der Waals surface area contributed by atoms with Crippen molar-refractivity contribution in [1.82, 2.24) is 14.1 Å². The number of hydrogen-bond acceptors (Lipinski definition) is 5. The lowest BCUT2D eigenvalue weighted by Gasteiger charge is -2.46. The zero-order valence-electron chi connectivity index (χ0n) is 14.7. The summed E-state index contributed by atoms with van der Waals surface area (Å²) in [6.45, 7) is 4.11. The fourth-order valence-electron chi connectivity index (χ4n) is 3.82. The van der Waals surface area contributed by atoms with Crippen LogP contribution in [0.1, 0.15) is 11.1 Å². The lowest BCUT2D eigenvalue weighted by molar-refractivity contribution is -0.161. The first-order valence-corrected chi connectivity index (χ1v) is 11.2. The van der Waals surface area contributed by atoms with Crippen LogP contribution in [0.2, 0.25) is 0 Å². The van der Waals surface area contributed by atoms with E-state index in [1.165, 1.54) is 4.31 Å². The second kappa shape index (κ2) is 6.24. The van der Waals surface area contributed by atoms with Crippen LogP contribution in [0.4, 0.5) is 0 Å². The van der Waals surface area contributed by atoms with Gasteiger partial charge < -0.3 is 9.80 Å². The summed E-state index contributed by atoms with van der Waals surface area (Å²) in [7, 11) is -3.71. The van der Waals surface area contributed by atoms with Crippen LogP contribution in [-0.4, -0.2) is 77.7 Å². The lowest BCUT2D eigenvalue weighted by Crippen LogP contribution is -2.69. The van der Waals surface area contributed by atoms with Crippen LogP contribution in [0.3, 0.4) is 0 Å². The standard InChI is InChI=1S/C17H21N3O4S2/c1-11-3-4-12(2)15(7-11)26(23,24)18-5-6-19-13(8-18)16(21)20-10-25-9-14(20)17(19)22/h3-4,7,13-14H,5-6,8-10H2,1-2H3/t13-,14+/m1/s1. The van der Waals surface area contributed by atoms with E-state index in [9.17, 15) is 18.0 Å². The summed E-state index contributed by atoms with van der Waals surface area (Å²) < 4.78 is 27.6. The molecule has 1 aromatic rings. The highest BCUT2D eigenvalue weighted by Crippen LogP contribution is 2.32. The molecule has 4 rings (SSSR count). The van der Waals surface area contributed by atoms with Crippen LogP contribution in [0.5, 0.6) is 0 Å². The molecule has 9 heteroatoms. The van der Waals surface area contributed by atoms with Crippen LogP contribution >= 0.6 is 11.8 Å². The monoisotopic (exact) mass is 395 g/mol. The van der Waals surface area contributed by atoms with E-state index in [1.54, 1.807) is 40.6 Å². The molecule has 26 heavy (non-hydrogen) atoms. The second-order valence-corrected chi connectivity index (χ2v) is 9.91. The maximum atomic E-state index is 13.1. The summed E-state index contributed by atoms with van der Waals surface area (Å²) in [5.74, 6) is 0.936. The highest BCUT2D eigenvalue weighted by atomic mass is 32.2. The fraction of sp³-hybridized carbons (Fsp3) is 0.529. The van der Waals surface area contributed by atoms with Gasteiger partial charge in [-0.25, -0.2) is 8.42 Å². The molecule has 0 saturated carbocycles. The Morgan fingerprint density at radius 3 is 2.54 bits per heavy atom. The number of fused-ring (bicyclic) bond motifs is 2. The Labute approximate surface area is 157 Å². The van der Waals surface area contributed by atoms with Crippen molar-refractivity contribution in [1.29, 1.82) is 0 Å². The summed E-state index contributed by atoms with van der Waals surface area (Å²) >= 11 is 1.56. The molecule has 3 fully saturated rings. The van der Waals surface area contributed by atoms with Crippen LogP contribution < -0.4 is 0 Å². The van der Waals surface area contributed by atoms with Gasteiger partial charge in [0.2, 0.25) is 21.8 Å². The maximum absolute atomic E-state index is 13.1. The van der Waals surface area contributed by atoms with Gasteiger partial charge in [0.1, 0.15) is 12.1 Å². The molecule has 140 valence electrons. The number of carbonyl (C=O) groups is 2. The third-order valence-corrected chi connectivity index (χ3v) is 8.34. The average molecular weight is 396 g/mol. The SMILES string of the molecule is Cc1ccc(C)c(S(=O)(=O)N2CCN3C(=O)[C@@H]4CSCN4C(=O)[C@H]3C2)c1. The number of amides is 2. The minimum absolute atomic E-state index is 0.0220. The van der Waals surface area contributed by atoms with Gasteiger partial charge >= 0.3 is 0 Å². The summed E-state index contributed by atoms with van der Waals surface area (Å²) in [6.07, 6.45) is 0. The number of nitrogens with zero attached hydrogens (tertiary/aromatic N) is 3. The van der Waals surface area contributed by atoms with Gasteiger partial charge in [-0.2, -0.15) is 4.31 Å². The number of aryl methyl sites for hydroxylation is 2. The molecule has 0 spiro atoms. The average Bonchev–Trinajstić information content (AvgIpc) is 3.11. The molecule has 0 radical (unpaired) electrons. The molecule has 3 heterocycles.